The molecular weight excluding hydrogens is 212 g/mol. The second-order valence-corrected chi connectivity index (χ2v) is 5.49. The first-order valence-electron chi connectivity index (χ1n) is 6.80. The minimum atomic E-state index is 0.843. The van der Waals surface area contributed by atoms with Crippen LogP contribution >= 0.6 is 0 Å². The number of aromatic nitrogens is 3. The maximum atomic E-state index is 4.06. The minimum Gasteiger partial charge on any atom is -0.311 e. The molecule has 96 valence electrons. The average Bonchev–Trinajstić information content (AvgIpc) is 2.71. The predicted octanol–water partition coefficient (Wildman–Crippen LogP) is 2.12. The van der Waals surface area contributed by atoms with Crippen molar-refractivity contribution in [1.82, 2.24) is 20.3 Å². The molecule has 0 amide bonds. The van der Waals surface area contributed by atoms with Crippen LogP contribution in [-0.2, 0) is 13.6 Å². The molecule has 0 saturated heterocycles. The molecule has 1 fully saturated rings. The van der Waals surface area contributed by atoms with Gasteiger partial charge in [0.05, 0.1) is 5.69 Å². The summed E-state index contributed by atoms with van der Waals surface area (Å²) in [5, 5.41) is 11.4. The van der Waals surface area contributed by atoms with Crippen LogP contribution in [-0.4, -0.2) is 21.5 Å². The molecule has 1 aromatic heterocycles. The molecule has 1 aliphatic rings. The van der Waals surface area contributed by atoms with Gasteiger partial charge in [0.15, 0.2) is 0 Å². The normalized spacial score (nSPS) is 25.1. The van der Waals surface area contributed by atoms with Crippen LogP contribution in [0.2, 0.25) is 0 Å². The van der Waals surface area contributed by atoms with E-state index in [9.17, 15) is 0 Å². The van der Waals surface area contributed by atoms with Crippen molar-refractivity contribution >= 4 is 0 Å². The molecule has 2 unspecified atom stereocenters. The van der Waals surface area contributed by atoms with E-state index in [1.165, 1.54) is 32.1 Å². The lowest BCUT2D eigenvalue weighted by atomic mass is 9.81. The standard InChI is InChI=1S/C13H24N4/c1-11-4-3-5-12(8-11)6-7-14-9-13-10-17(2)16-15-13/h10-12,14H,3-9H2,1-2H3. The molecule has 1 saturated carbocycles. The molecule has 0 bridgehead atoms. The Kier molecular flexibility index (Phi) is 4.54. The SMILES string of the molecule is CC1CCCC(CCNCc2cn(C)nn2)C1. The summed E-state index contributed by atoms with van der Waals surface area (Å²) in [6.45, 7) is 4.34. The van der Waals surface area contributed by atoms with Gasteiger partial charge in [0, 0.05) is 19.8 Å². The van der Waals surface area contributed by atoms with E-state index in [0.29, 0.717) is 0 Å². The molecule has 1 heterocycles. The van der Waals surface area contributed by atoms with Gasteiger partial charge in [-0.15, -0.1) is 5.10 Å². The highest BCUT2D eigenvalue weighted by atomic mass is 15.4. The highest BCUT2D eigenvalue weighted by Gasteiger charge is 2.18. The first kappa shape index (κ1) is 12.6. The Balaban J connectivity index is 1.59. The van der Waals surface area contributed by atoms with Crippen molar-refractivity contribution in [3.63, 3.8) is 0 Å². The first-order valence-corrected chi connectivity index (χ1v) is 6.80. The fraction of sp³-hybridized carbons (Fsp3) is 0.846. The first-order chi connectivity index (χ1) is 8.24. The maximum Gasteiger partial charge on any atom is 0.0964 e. The summed E-state index contributed by atoms with van der Waals surface area (Å²) >= 11 is 0. The predicted molar refractivity (Wildman–Crippen MR) is 68.4 cm³/mol. The zero-order chi connectivity index (χ0) is 12.1. The van der Waals surface area contributed by atoms with E-state index >= 15 is 0 Å². The van der Waals surface area contributed by atoms with Crippen molar-refractivity contribution in [2.45, 2.75) is 45.6 Å². The number of nitrogens with one attached hydrogen (secondary N) is 1. The minimum absolute atomic E-state index is 0.843. The maximum absolute atomic E-state index is 4.06. The Morgan fingerprint density at radius 3 is 3.06 bits per heavy atom. The molecular formula is C13H24N4. The number of hydrogen-bond acceptors (Lipinski definition) is 3. The van der Waals surface area contributed by atoms with E-state index in [4.69, 9.17) is 0 Å². The van der Waals surface area contributed by atoms with Gasteiger partial charge in [0.25, 0.3) is 0 Å². The molecule has 4 nitrogen and oxygen atoms in total. The third-order valence-corrected chi connectivity index (χ3v) is 3.73. The molecule has 1 aliphatic carbocycles. The molecule has 2 rings (SSSR count). The molecule has 1 aromatic rings. The Morgan fingerprint density at radius 1 is 1.47 bits per heavy atom. The smallest absolute Gasteiger partial charge is 0.0964 e. The lowest BCUT2D eigenvalue weighted by molar-refractivity contribution is 0.267. The highest BCUT2D eigenvalue weighted by Crippen LogP contribution is 2.30. The Hall–Kier alpha value is -0.900. The fourth-order valence-corrected chi connectivity index (χ4v) is 2.82. The number of rotatable bonds is 5. The van der Waals surface area contributed by atoms with Gasteiger partial charge in [-0.25, -0.2) is 0 Å². The van der Waals surface area contributed by atoms with E-state index in [1.54, 1.807) is 4.68 Å². The van der Waals surface area contributed by atoms with Crippen molar-refractivity contribution in [3.05, 3.63) is 11.9 Å². The highest BCUT2D eigenvalue weighted by molar-refractivity contribution is 4.90. The van der Waals surface area contributed by atoms with Gasteiger partial charge in [-0.2, -0.15) is 0 Å². The molecule has 0 radical (unpaired) electrons. The van der Waals surface area contributed by atoms with Gasteiger partial charge >= 0.3 is 0 Å². The third-order valence-electron chi connectivity index (χ3n) is 3.73. The molecule has 0 spiro atoms. The second-order valence-electron chi connectivity index (χ2n) is 5.49. The molecule has 17 heavy (non-hydrogen) atoms. The van der Waals surface area contributed by atoms with Crippen LogP contribution < -0.4 is 5.32 Å². The molecule has 0 aromatic carbocycles. The van der Waals surface area contributed by atoms with Gasteiger partial charge in [-0.1, -0.05) is 31.4 Å². The van der Waals surface area contributed by atoms with Crippen LogP contribution in [0.4, 0.5) is 0 Å². The van der Waals surface area contributed by atoms with Crippen molar-refractivity contribution in [3.8, 4) is 0 Å². The van der Waals surface area contributed by atoms with E-state index < -0.39 is 0 Å². The monoisotopic (exact) mass is 236 g/mol. The number of aryl methyl sites for hydroxylation is 1. The number of hydrogen-bond donors (Lipinski definition) is 1. The van der Waals surface area contributed by atoms with E-state index in [0.717, 1.165) is 30.6 Å². The second kappa shape index (κ2) is 6.15. The Morgan fingerprint density at radius 2 is 2.35 bits per heavy atom. The summed E-state index contributed by atoms with van der Waals surface area (Å²) in [5.41, 5.74) is 1.03. The molecule has 4 heteroatoms. The fourth-order valence-electron chi connectivity index (χ4n) is 2.82. The largest absolute Gasteiger partial charge is 0.311 e. The zero-order valence-corrected chi connectivity index (χ0v) is 11.0. The van der Waals surface area contributed by atoms with Gasteiger partial charge < -0.3 is 5.32 Å². The third kappa shape index (κ3) is 4.11. The van der Waals surface area contributed by atoms with Crippen molar-refractivity contribution in [2.75, 3.05) is 6.54 Å². The van der Waals surface area contributed by atoms with Gasteiger partial charge in [0.1, 0.15) is 0 Å². The average molecular weight is 236 g/mol. The van der Waals surface area contributed by atoms with Crippen molar-refractivity contribution in [1.29, 1.82) is 0 Å². The molecule has 0 aliphatic heterocycles. The number of nitrogens with zero attached hydrogens (tertiary/aromatic N) is 3. The van der Waals surface area contributed by atoms with Gasteiger partial charge in [-0.05, 0) is 31.2 Å². The van der Waals surface area contributed by atoms with Crippen LogP contribution in [0.15, 0.2) is 6.20 Å². The summed E-state index contributed by atoms with van der Waals surface area (Å²) in [5.74, 6) is 1.88. The Labute approximate surface area is 104 Å². The molecule has 2 atom stereocenters. The van der Waals surface area contributed by atoms with E-state index in [-0.39, 0.29) is 0 Å². The zero-order valence-electron chi connectivity index (χ0n) is 11.0. The topological polar surface area (TPSA) is 42.7 Å². The van der Waals surface area contributed by atoms with E-state index in [1.807, 2.05) is 13.2 Å². The van der Waals surface area contributed by atoms with Crippen molar-refractivity contribution in [2.24, 2.45) is 18.9 Å². The van der Waals surface area contributed by atoms with E-state index in [2.05, 4.69) is 22.6 Å². The van der Waals surface area contributed by atoms with Gasteiger partial charge in [-0.3, -0.25) is 4.68 Å². The molecule has 1 N–H and O–H groups in total. The summed E-state index contributed by atoms with van der Waals surface area (Å²) in [6, 6.07) is 0. The summed E-state index contributed by atoms with van der Waals surface area (Å²) < 4.78 is 1.75. The lowest BCUT2D eigenvalue weighted by Gasteiger charge is -2.26. The Bertz CT molecular complexity index is 334. The van der Waals surface area contributed by atoms with Crippen LogP contribution in [0, 0.1) is 11.8 Å². The van der Waals surface area contributed by atoms with Crippen molar-refractivity contribution < 1.29 is 0 Å². The summed E-state index contributed by atoms with van der Waals surface area (Å²) in [6.07, 6.45) is 8.99. The quantitative estimate of drug-likeness (QED) is 0.796. The van der Waals surface area contributed by atoms with Gasteiger partial charge in [0.2, 0.25) is 0 Å². The van der Waals surface area contributed by atoms with Crippen LogP contribution in [0.25, 0.3) is 0 Å². The van der Waals surface area contributed by atoms with Crippen LogP contribution in [0.3, 0.4) is 0 Å². The summed E-state index contributed by atoms with van der Waals surface area (Å²) in [7, 11) is 1.90. The lowest BCUT2D eigenvalue weighted by Crippen LogP contribution is -2.21. The van der Waals surface area contributed by atoms with Crippen LogP contribution in [0.1, 0.15) is 44.7 Å². The summed E-state index contributed by atoms with van der Waals surface area (Å²) in [4.78, 5) is 0. The van der Waals surface area contributed by atoms with Crippen LogP contribution in [0.5, 0.6) is 0 Å².